The molecule has 0 aliphatic carbocycles. The summed E-state index contributed by atoms with van der Waals surface area (Å²) in [4.78, 5) is 13.0. The molecule has 4 nitrogen and oxygen atoms in total. The van der Waals surface area contributed by atoms with Gasteiger partial charge < -0.3 is 9.84 Å². The van der Waals surface area contributed by atoms with Gasteiger partial charge in [-0.1, -0.05) is 38.6 Å². The Kier molecular flexibility index (Phi) is 4.49. The van der Waals surface area contributed by atoms with Gasteiger partial charge in [0.15, 0.2) is 0 Å². The van der Waals surface area contributed by atoms with Gasteiger partial charge in [0.05, 0.1) is 12.6 Å². The Morgan fingerprint density at radius 3 is 2.67 bits per heavy atom. The van der Waals surface area contributed by atoms with E-state index in [1.54, 1.807) is 0 Å². The number of hydrogen-bond acceptors (Lipinski definition) is 4. The number of thioether (sulfide) groups is 1. The fraction of sp³-hybridized carbons (Fsp3) is 0.467. The molecule has 1 aliphatic rings. The zero-order valence-electron chi connectivity index (χ0n) is 12.5. The average molecular weight is 325 g/mol. The van der Waals surface area contributed by atoms with Gasteiger partial charge in [0.25, 0.3) is 0 Å². The van der Waals surface area contributed by atoms with Crippen LogP contribution in [0, 0.1) is 5.41 Å². The monoisotopic (exact) mass is 325 g/mol. The predicted octanol–water partition coefficient (Wildman–Crippen LogP) is 4.29. The van der Waals surface area contributed by atoms with Gasteiger partial charge in [-0.25, -0.2) is 4.79 Å². The molecule has 1 aliphatic heterocycles. The Hall–Kier alpha value is -1.27. The van der Waals surface area contributed by atoms with Crippen molar-refractivity contribution in [3.05, 3.63) is 29.3 Å². The minimum atomic E-state index is -0.895. The number of fused-ring (bicyclic) bond motifs is 1. The largest absolute Gasteiger partial charge is 0.465 e. The summed E-state index contributed by atoms with van der Waals surface area (Å²) in [6.45, 7) is 6.54. The number of benzene rings is 1. The topological polar surface area (TPSA) is 49.8 Å². The van der Waals surface area contributed by atoms with Crippen LogP contribution in [0.15, 0.2) is 18.2 Å². The molecule has 0 bridgehead atoms. The lowest BCUT2D eigenvalue weighted by atomic mass is 9.82. The lowest BCUT2D eigenvalue weighted by Crippen LogP contribution is -2.35. The van der Waals surface area contributed by atoms with E-state index in [9.17, 15) is 9.90 Å². The Bertz CT molecular complexity index is 581. The van der Waals surface area contributed by atoms with Crippen molar-refractivity contribution in [2.45, 2.75) is 33.4 Å². The fourth-order valence-electron chi connectivity index (χ4n) is 2.74. The molecule has 1 N–H and O–H groups in total. The highest BCUT2D eigenvalue weighted by molar-refractivity contribution is 8.22. The van der Waals surface area contributed by atoms with Gasteiger partial charge in [-0.15, -0.1) is 0 Å². The quantitative estimate of drug-likeness (QED) is 0.780. The third kappa shape index (κ3) is 3.32. The SMILES string of the molecule is CSC(=S)Oc1ccc2c(c1)CN(C(=O)O)C2C(C)(C)C. The fourth-order valence-corrected chi connectivity index (χ4v) is 3.02. The van der Waals surface area contributed by atoms with E-state index in [0.717, 1.165) is 11.1 Å². The average Bonchev–Trinajstić information content (AvgIpc) is 2.77. The number of amides is 1. The first kappa shape index (κ1) is 16.1. The minimum absolute atomic E-state index is 0.147. The number of rotatable bonds is 1. The molecule has 1 atom stereocenters. The van der Waals surface area contributed by atoms with Gasteiger partial charge in [0, 0.05) is 0 Å². The minimum Gasteiger partial charge on any atom is -0.465 e. The molecule has 114 valence electrons. The summed E-state index contributed by atoms with van der Waals surface area (Å²) in [5.74, 6) is 0.660. The van der Waals surface area contributed by atoms with Gasteiger partial charge in [-0.2, -0.15) is 0 Å². The molecule has 1 heterocycles. The van der Waals surface area contributed by atoms with Crippen molar-refractivity contribution in [2.75, 3.05) is 6.26 Å². The molecule has 1 aromatic carbocycles. The molecule has 0 radical (unpaired) electrons. The second-order valence-corrected chi connectivity index (χ2v) is 7.50. The summed E-state index contributed by atoms with van der Waals surface area (Å²) in [5, 5.41) is 9.44. The molecule has 0 saturated heterocycles. The summed E-state index contributed by atoms with van der Waals surface area (Å²) < 4.78 is 5.99. The van der Waals surface area contributed by atoms with Gasteiger partial charge >= 0.3 is 6.09 Å². The number of hydrogen-bond donors (Lipinski definition) is 1. The molecule has 0 spiro atoms. The zero-order valence-corrected chi connectivity index (χ0v) is 14.2. The molecular formula is C15H19NO3S2. The molecule has 1 unspecified atom stereocenters. The molecule has 0 fully saturated rings. The highest BCUT2D eigenvalue weighted by atomic mass is 32.2. The van der Waals surface area contributed by atoms with Crippen molar-refractivity contribution in [2.24, 2.45) is 5.41 Å². The lowest BCUT2D eigenvalue weighted by Gasteiger charge is -2.33. The molecule has 21 heavy (non-hydrogen) atoms. The van der Waals surface area contributed by atoms with Crippen molar-refractivity contribution >= 4 is 34.5 Å². The molecule has 2 rings (SSSR count). The first-order valence-corrected chi connectivity index (χ1v) is 8.25. The molecule has 0 aromatic heterocycles. The summed E-state index contributed by atoms with van der Waals surface area (Å²) in [7, 11) is 0. The number of ether oxygens (including phenoxy) is 1. The third-order valence-electron chi connectivity index (χ3n) is 3.50. The van der Waals surface area contributed by atoms with Crippen LogP contribution in [0.4, 0.5) is 4.79 Å². The number of carbonyl (C=O) groups is 1. The van der Waals surface area contributed by atoms with Crippen LogP contribution in [0.3, 0.4) is 0 Å². The summed E-state index contributed by atoms with van der Waals surface area (Å²) in [5.41, 5.74) is 1.87. The summed E-state index contributed by atoms with van der Waals surface area (Å²) in [6.07, 6.45) is 0.963. The highest BCUT2D eigenvalue weighted by Gasteiger charge is 2.41. The van der Waals surface area contributed by atoms with Crippen molar-refractivity contribution in [1.29, 1.82) is 0 Å². The number of nitrogens with zero attached hydrogens (tertiary/aromatic N) is 1. The van der Waals surface area contributed by atoms with Crippen LogP contribution < -0.4 is 4.74 Å². The van der Waals surface area contributed by atoms with Crippen LogP contribution in [-0.2, 0) is 6.54 Å². The Morgan fingerprint density at radius 2 is 2.14 bits per heavy atom. The van der Waals surface area contributed by atoms with Crippen molar-refractivity contribution in [3.63, 3.8) is 0 Å². The lowest BCUT2D eigenvalue weighted by molar-refractivity contribution is 0.0900. The molecule has 0 saturated carbocycles. The van der Waals surface area contributed by atoms with E-state index in [1.165, 1.54) is 16.7 Å². The van der Waals surface area contributed by atoms with Crippen LogP contribution in [0.25, 0.3) is 0 Å². The van der Waals surface area contributed by atoms with Gasteiger partial charge in [0.2, 0.25) is 4.38 Å². The maximum Gasteiger partial charge on any atom is 0.408 e. The zero-order chi connectivity index (χ0) is 15.8. The van der Waals surface area contributed by atoms with Crippen LogP contribution in [0.1, 0.15) is 37.9 Å². The van der Waals surface area contributed by atoms with Crippen molar-refractivity contribution in [3.8, 4) is 5.75 Å². The van der Waals surface area contributed by atoms with Crippen LogP contribution >= 0.6 is 24.0 Å². The highest BCUT2D eigenvalue weighted by Crippen LogP contribution is 2.45. The Morgan fingerprint density at radius 1 is 1.48 bits per heavy atom. The summed E-state index contributed by atoms with van der Waals surface area (Å²) >= 11 is 6.42. The van der Waals surface area contributed by atoms with Crippen LogP contribution in [-0.4, -0.2) is 26.7 Å². The van der Waals surface area contributed by atoms with E-state index in [1.807, 2.05) is 24.5 Å². The standard InChI is InChI=1S/C15H19NO3S2/c1-15(2,3)12-11-6-5-10(19-14(20)21-4)7-9(11)8-16(12)13(17)18/h5-7,12H,8H2,1-4H3,(H,17,18). The first-order chi connectivity index (χ1) is 9.74. The molecule has 6 heteroatoms. The first-order valence-electron chi connectivity index (χ1n) is 6.62. The van der Waals surface area contributed by atoms with Crippen LogP contribution in [0.2, 0.25) is 0 Å². The Balaban J connectivity index is 2.37. The molecular weight excluding hydrogens is 306 g/mol. The number of thiocarbonyl (C=S) groups is 1. The smallest absolute Gasteiger partial charge is 0.408 e. The van der Waals surface area contributed by atoms with Crippen molar-refractivity contribution in [1.82, 2.24) is 4.90 Å². The van der Waals surface area contributed by atoms with E-state index >= 15 is 0 Å². The van der Waals surface area contributed by atoms with E-state index in [4.69, 9.17) is 17.0 Å². The predicted molar refractivity (Wildman–Crippen MR) is 88.9 cm³/mol. The summed E-state index contributed by atoms with van der Waals surface area (Å²) in [6, 6.07) is 5.55. The van der Waals surface area contributed by atoms with E-state index in [2.05, 4.69) is 20.8 Å². The van der Waals surface area contributed by atoms with Crippen molar-refractivity contribution < 1.29 is 14.6 Å². The van der Waals surface area contributed by atoms with E-state index < -0.39 is 6.09 Å². The van der Waals surface area contributed by atoms with Gasteiger partial charge in [-0.05, 0) is 47.1 Å². The Labute approximate surface area is 134 Å². The van der Waals surface area contributed by atoms with E-state index in [-0.39, 0.29) is 11.5 Å². The maximum atomic E-state index is 11.5. The van der Waals surface area contributed by atoms with Gasteiger partial charge in [0.1, 0.15) is 5.75 Å². The van der Waals surface area contributed by atoms with Crippen LogP contribution in [0.5, 0.6) is 5.75 Å². The normalized spacial score (nSPS) is 17.5. The van der Waals surface area contributed by atoms with E-state index in [0.29, 0.717) is 16.7 Å². The van der Waals surface area contributed by atoms with Gasteiger partial charge in [-0.3, -0.25) is 4.90 Å². The maximum absolute atomic E-state index is 11.5. The molecule has 1 aromatic rings. The third-order valence-corrected chi connectivity index (χ3v) is 4.50. The second-order valence-electron chi connectivity index (χ2n) is 6.10. The molecule has 1 amide bonds. The second kappa shape index (κ2) is 5.85. The number of carboxylic acid groups (broad SMARTS) is 1.